The van der Waals surface area contributed by atoms with Crippen LogP contribution in [0.1, 0.15) is 19.3 Å². The smallest absolute Gasteiger partial charge is 0.133 e. The maximum absolute atomic E-state index is 5.25. The lowest BCUT2D eigenvalue weighted by atomic mass is 9.85. The number of hydrogen-bond acceptors (Lipinski definition) is 3. The van der Waals surface area contributed by atoms with Crippen LogP contribution in [0, 0.1) is 5.92 Å². The molecule has 0 radical (unpaired) electrons. The highest BCUT2D eigenvalue weighted by Gasteiger charge is 2.17. The maximum atomic E-state index is 5.25. The molecule has 3 rings (SSSR count). The van der Waals surface area contributed by atoms with Crippen LogP contribution in [-0.2, 0) is 0 Å². The van der Waals surface area contributed by atoms with Crippen molar-refractivity contribution in [2.45, 2.75) is 19.3 Å². The summed E-state index contributed by atoms with van der Waals surface area (Å²) in [6.07, 6.45) is 5.94. The van der Waals surface area contributed by atoms with E-state index >= 15 is 0 Å². The van der Waals surface area contributed by atoms with E-state index in [-0.39, 0.29) is 0 Å². The molecule has 0 aliphatic heterocycles. The van der Waals surface area contributed by atoms with Crippen molar-refractivity contribution >= 4 is 16.6 Å². The van der Waals surface area contributed by atoms with Crippen molar-refractivity contribution in [1.29, 1.82) is 0 Å². The molecule has 0 bridgehead atoms. The second-order valence-electron chi connectivity index (χ2n) is 4.92. The van der Waals surface area contributed by atoms with Crippen molar-refractivity contribution < 1.29 is 4.74 Å². The average Bonchev–Trinajstić information content (AvgIpc) is 2.36. The van der Waals surface area contributed by atoms with Crippen molar-refractivity contribution in [1.82, 2.24) is 4.98 Å². The predicted octanol–water partition coefficient (Wildman–Crippen LogP) is 3.46. The first-order valence-electron chi connectivity index (χ1n) is 6.53. The lowest BCUT2D eigenvalue weighted by Crippen LogP contribution is -2.21. The quantitative estimate of drug-likeness (QED) is 0.891. The number of nitrogens with one attached hydrogen (secondary N) is 1. The first-order chi connectivity index (χ1) is 8.86. The molecule has 0 unspecified atom stereocenters. The number of methoxy groups -OCH3 is 1. The van der Waals surface area contributed by atoms with E-state index in [4.69, 9.17) is 4.74 Å². The molecule has 1 N–H and O–H groups in total. The van der Waals surface area contributed by atoms with Gasteiger partial charge in [-0.05, 0) is 48.4 Å². The molecule has 1 aliphatic rings. The van der Waals surface area contributed by atoms with Crippen LogP contribution in [0.5, 0.6) is 5.75 Å². The van der Waals surface area contributed by atoms with E-state index in [9.17, 15) is 0 Å². The minimum absolute atomic E-state index is 0.834. The van der Waals surface area contributed by atoms with E-state index < -0.39 is 0 Å². The fraction of sp³-hybridized carbons (Fsp3) is 0.400. The molecule has 3 nitrogen and oxygen atoms in total. The van der Waals surface area contributed by atoms with Crippen molar-refractivity contribution in [3.8, 4) is 5.75 Å². The highest BCUT2D eigenvalue weighted by molar-refractivity contribution is 5.92. The summed E-state index contributed by atoms with van der Waals surface area (Å²) in [6.45, 7) is 1.04. The predicted molar refractivity (Wildman–Crippen MR) is 74.1 cm³/mol. The molecule has 1 fully saturated rings. The second-order valence-corrected chi connectivity index (χ2v) is 4.92. The minimum atomic E-state index is 0.834. The van der Waals surface area contributed by atoms with Crippen molar-refractivity contribution in [2.24, 2.45) is 5.92 Å². The zero-order chi connectivity index (χ0) is 12.4. The van der Waals surface area contributed by atoms with Gasteiger partial charge in [-0.3, -0.25) is 0 Å². The van der Waals surface area contributed by atoms with E-state index in [0.29, 0.717) is 0 Å². The summed E-state index contributed by atoms with van der Waals surface area (Å²) >= 11 is 0. The Balaban J connectivity index is 1.86. The molecule has 18 heavy (non-hydrogen) atoms. The van der Waals surface area contributed by atoms with Gasteiger partial charge in [0, 0.05) is 18.1 Å². The lowest BCUT2D eigenvalue weighted by molar-refractivity contribution is 0.333. The highest BCUT2D eigenvalue weighted by atomic mass is 16.5. The number of aromatic nitrogens is 1. The Hall–Kier alpha value is -1.77. The number of ether oxygens (including phenoxy) is 1. The summed E-state index contributed by atoms with van der Waals surface area (Å²) in [5, 5.41) is 5.81. The van der Waals surface area contributed by atoms with Crippen LogP contribution >= 0.6 is 0 Å². The zero-order valence-corrected chi connectivity index (χ0v) is 10.6. The van der Waals surface area contributed by atoms with Crippen LogP contribution in [0.15, 0.2) is 30.5 Å². The Bertz CT molecular complexity index is 549. The molecule has 0 atom stereocenters. The SMILES string of the molecule is COc1ccc2c(NCC3CCC3)nccc2c1. The van der Waals surface area contributed by atoms with Crippen LogP contribution in [0.2, 0.25) is 0 Å². The van der Waals surface area contributed by atoms with Gasteiger partial charge in [-0.1, -0.05) is 6.42 Å². The summed E-state index contributed by atoms with van der Waals surface area (Å²) in [6, 6.07) is 8.13. The Morgan fingerprint density at radius 2 is 2.22 bits per heavy atom. The molecule has 0 amide bonds. The number of benzene rings is 1. The summed E-state index contributed by atoms with van der Waals surface area (Å²) < 4.78 is 5.25. The minimum Gasteiger partial charge on any atom is -0.497 e. The first kappa shape index (κ1) is 11.3. The third kappa shape index (κ3) is 2.13. The Kier molecular flexibility index (Phi) is 3.05. The number of rotatable bonds is 4. The van der Waals surface area contributed by atoms with Gasteiger partial charge in [0.05, 0.1) is 7.11 Å². The summed E-state index contributed by atoms with van der Waals surface area (Å²) in [5.74, 6) is 2.71. The Labute approximate surface area is 107 Å². The monoisotopic (exact) mass is 242 g/mol. The second kappa shape index (κ2) is 4.84. The van der Waals surface area contributed by atoms with Gasteiger partial charge < -0.3 is 10.1 Å². The van der Waals surface area contributed by atoms with Crippen LogP contribution in [0.3, 0.4) is 0 Å². The van der Waals surface area contributed by atoms with Crippen LogP contribution < -0.4 is 10.1 Å². The molecule has 1 aromatic carbocycles. The van der Waals surface area contributed by atoms with Crippen LogP contribution in [-0.4, -0.2) is 18.6 Å². The molecule has 2 aromatic rings. The fourth-order valence-electron chi connectivity index (χ4n) is 2.36. The number of anilines is 1. The number of hydrogen-bond donors (Lipinski definition) is 1. The number of fused-ring (bicyclic) bond motifs is 1. The van der Waals surface area contributed by atoms with E-state index in [0.717, 1.165) is 29.4 Å². The molecule has 1 saturated carbocycles. The van der Waals surface area contributed by atoms with Gasteiger partial charge in [0.2, 0.25) is 0 Å². The van der Waals surface area contributed by atoms with Gasteiger partial charge in [0.15, 0.2) is 0 Å². The third-order valence-electron chi connectivity index (χ3n) is 3.75. The summed E-state index contributed by atoms with van der Waals surface area (Å²) in [7, 11) is 1.69. The molecular formula is C15H18N2O. The first-order valence-corrected chi connectivity index (χ1v) is 6.53. The van der Waals surface area contributed by atoms with Gasteiger partial charge in [-0.15, -0.1) is 0 Å². The third-order valence-corrected chi connectivity index (χ3v) is 3.75. The average molecular weight is 242 g/mol. The largest absolute Gasteiger partial charge is 0.497 e. The molecular weight excluding hydrogens is 224 g/mol. The zero-order valence-electron chi connectivity index (χ0n) is 10.6. The standard InChI is InChI=1S/C15H18N2O/c1-18-13-5-6-14-12(9-13)7-8-16-15(14)17-10-11-3-2-4-11/h5-9,11H,2-4,10H2,1H3,(H,16,17). The van der Waals surface area contributed by atoms with Crippen LogP contribution in [0.4, 0.5) is 5.82 Å². The Morgan fingerprint density at radius 3 is 2.94 bits per heavy atom. The Morgan fingerprint density at radius 1 is 1.33 bits per heavy atom. The highest BCUT2D eigenvalue weighted by Crippen LogP contribution is 2.28. The van der Waals surface area contributed by atoms with Crippen molar-refractivity contribution in [3.63, 3.8) is 0 Å². The van der Waals surface area contributed by atoms with Gasteiger partial charge >= 0.3 is 0 Å². The van der Waals surface area contributed by atoms with Gasteiger partial charge in [-0.25, -0.2) is 4.98 Å². The van der Waals surface area contributed by atoms with Crippen molar-refractivity contribution in [3.05, 3.63) is 30.5 Å². The number of pyridine rings is 1. The molecule has 1 aliphatic carbocycles. The molecule has 94 valence electrons. The van der Waals surface area contributed by atoms with Gasteiger partial charge in [0.1, 0.15) is 11.6 Å². The van der Waals surface area contributed by atoms with E-state index in [1.807, 2.05) is 24.4 Å². The summed E-state index contributed by atoms with van der Waals surface area (Å²) in [5.41, 5.74) is 0. The molecule has 1 aromatic heterocycles. The van der Waals surface area contributed by atoms with E-state index in [1.165, 1.54) is 24.6 Å². The topological polar surface area (TPSA) is 34.1 Å². The van der Waals surface area contributed by atoms with Crippen LogP contribution in [0.25, 0.3) is 10.8 Å². The lowest BCUT2D eigenvalue weighted by Gasteiger charge is -2.25. The molecule has 3 heteroatoms. The van der Waals surface area contributed by atoms with E-state index in [1.54, 1.807) is 7.11 Å². The molecule has 1 heterocycles. The number of nitrogens with zero attached hydrogens (tertiary/aromatic N) is 1. The van der Waals surface area contributed by atoms with Crippen molar-refractivity contribution in [2.75, 3.05) is 19.0 Å². The maximum Gasteiger partial charge on any atom is 0.133 e. The van der Waals surface area contributed by atoms with Gasteiger partial charge in [-0.2, -0.15) is 0 Å². The summed E-state index contributed by atoms with van der Waals surface area (Å²) in [4.78, 5) is 4.44. The van der Waals surface area contributed by atoms with E-state index in [2.05, 4.69) is 16.4 Å². The molecule has 0 spiro atoms. The fourth-order valence-corrected chi connectivity index (χ4v) is 2.36. The van der Waals surface area contributed by atoms with Gasteiger partial charge in [0.25, 0.3) is 0 Å². The normalized spacial score (nSPS) is 15.4. The molecule has 0 saturated heterocycles.